The lowest BCUT2D eigenvalue weighted by atomic mass is 10.1. The molecule has 2 aromatic rings. The molecule has 1 aromatic carbocycles. The second-order valence-corrected chi connectivity index (χ2v) is 5.81. The number of hydrogen-bond donors (Lipinski definition) is 2. The van der Waals surface area contributed by atoms with Crippen LogP contribution in [0.25, 0.3) is 6.08 Å². The first kappa shape index (κ1) is 19.0. The third-order valence-electron chi connectivity index (χ3n) is 3.92. The lowest BCUT2D eigenvalue weighted by Crippen LogP contribution is -2.27. The topological polar surface area (TPSA) is 106 Å². The van der Waals surface area contributed by atoms with Crippen LogP contribution in [0.5, 0.6) is 17.2 Å². The summed E-state index contributed by atoms with van der Waals surface area (Å²) in [4.78, 5) is 16.1. The molecule has 2 heterocycles. The Bertz CT molecular complexity index is 904. The predicted octanol–water partition coefficient (Wildman–Crippen LogP) is 1.97. The van der Waals surface area contributed by atoms with E-state index in [0.29, 0.717) is 54.9 Å². The molecule has 0 saturated carbocycles. The number of pyridine rings is 1. The SMILES string of the molecule is COc1cc(C=CC(=O)NCCNc2ncccc2C#N)cc2c1OCCO2. The molecule has 1 aliphatic rings. The Morgan fingerprint density at radius 1 is 1.36 bits per heavy atom. The van der Waals surface area contributed by atoms with Crippen LogP contribution in [0.15, 0.2) is 36.5 Å². The van der Waals surface area contributed by atoms with Gasteiger partial charge in [0.15, 0.2) is 11.5 Å². The maximum Gasteiger partial charge on any atom is 0.244 e. The summed E-state index contributed by atoms with van der Waals surface area (Å²) < 4.78 is 16.5. The molecule has 28 heavy (non-hydrogen) atoms. The van der Waals surface area contributed by atoms with Gasteiger partial charge in [-0.25, -0.2) is 4.98 Å². The molecular formula is C20H20N4O4. The summed E-state index contributed by atoms with van der Waals surface area (Å²) in [5, 5.41) is 14.8. The smallest absolute Gasteiger partial charge is 0.244 e. The largest absolute Gasteiger partial charge is 0.493 e. The number of methoxy groups -OCH3 is 1. The number of rotatable bonds is 7. The Kier molecular flexibility index (Phi) is 6.31. The van der Waals surface area contributed by atoms with Gasteiger partial charge in [0.1, 0.15) is 25.1 Å². The van der Waals surface area contributed by atoms with Crippen molar-refractivity contribution >= 4 is 17.8 Å². The number of nitrogens with zero attached hydrogens (tertiary/aromatic N) is 2. The summed E-state index contributed by atoms with van der Waals surface area (Å²) in [6.45, 7) is 1.78. The van der Waals surface area contributed by atoms with Gasteiger partial charge in [-0.05, 0) is 35.9 Å². The highest BCUT2D eigenvalue weighted by Gasteiger charge is 2.17. The van der Waals surface area contributed by atoms with E-state index in [-0.39, 0.29) is 5.91 Å². The summed E-state index contributed by atoms with van der Waals surface area (Å²) in [6, 6.07) is 9.02. The van der Waals surface area contributed by atoms with Crippen LogP contribution in [0, 0.1) is 11.3 Å². The van der Waals surface area contributed by atoms with Crippen LogP contribution in [-0.4, -0.2) is 44.3 Å². The quantitative estimate of drug-likeness (QED) is 0.559. The number of nitriles is 1. The van der Waals surface area contributed by atoms with Crippen LogP contribution in [-0.2, 0) is 4.79 Å². The highest BCUT2D eigenvalue weighted by Crippen LogP contribution is 2.40. The van der Waals surface area contributed by atoms with E-state index >= 15 is 0 Å². The van der Waals surface area contributed by atoms with Gasteiger partial charge in [-0.3, -0.25) is 4.79 Å². The van der Waals surface area contributed by atoms with Crippen molar-refractivity contribution in [2.75, 3.05) is 38.7 Å². The van der Waals surface area contributed by atoms with E-state index in [1.165, 1.54) is 6.08 Å². The molecule has 0 unspecified atom stereocenters. The first-order valence-corrected chi connectivity index (χ1v) is 8.74. The minimum Gasteiger partial charge on any atom is -0.493 e. The number of carbonyl (C=O) groups is 1. The highest BCUT2D eigenvalue weighted by molar-refractivity contribution is 5.91. The van der Waals surface area contributed by atoms with Gasteiger partial charge in [0.05, 0.1) is 12.7 Å². The van der Waals surface area contributed by atoms with Gasteiger partial charge in [0.25, 0.3) is 0 Å². The minimum absolute atomic E-state index is 0.239. The summed E-state index contributed by atoms with van der Waals surface area (Å²) in [7, 11) is 1.56. The average molecular weight is 380 g/mol. The second-order valence-electron chi connectivity index (χ2n) is 5.81. The number of fused-ring (bicyclic) bond motifs is 1. The van der Waals surface area contributed by atoms with Crippen molar-refractivity contribution in [1.82, 2.24) is 10.3 Å². The number of aromatic nitrogens is 1. The van der Waals surface area contributed by atoms with E-state index in [9.17, 15) is 4.79 Å². The summed E-state index contributed by atoms with van der Waals surface area (Å²) in [6.07, 6.45) is 4.72. The molecule has 0 radical (unpaired) electrons. The Labute approximate surface area is 162 Å². The van der Waals surface area contributed by atoms with Crippen molar-refractivity contribution in [3.05, 3.63) is 47.7 Å². The van der Waals surface area contributed by atoms with Crippen molar-refractivity contribution in [1.29, 1.82) is 5.26 Å². The zero-order valence-corrected chi connectivity index (χ0v) is 15.4. The number of anilines is 1. The van der Waals surface area contributed by atoms with Crippen LogP contribution in [0.1, 0.15) is 11.1 Å². The number of amides is 1. The fraction of sp³-hybridized carbons (Fsp3) is 0.250. The Morgan fingerprint density at radius 3 is 3.04 bits per heavy atom. The Balaban J connectivity index is 1.52. The number of benzene rings is 1. The van der Waals surface area contributed by atoms with E-state index in [1.54, 1.807) is 43.6 Å². The molecule has 3 rings (SSSR count). The van der Waals surface area contributed by atoms with Gasteiger partial charge < -0.3 is 24.8 Å². The molecule has 0 spiro atoms. The normalized spacial score (nSPS) is 12.3. The molecule has 8 nitrogen and oxygen atoms in total. The zero-order valence-electron chi connectivity index (χ0n) is 15.4. The maximum absolute atomic E-state index is 12.0. The van der Waals surface area contributed by atoms with E-state index in [1.807, 2.05) is 0 Å². The molecule has 8 heteroatoms. The van der Waals surface area contributed by atoms with Crippen LogP contribution < -0.4 is 24.8 Å². The molecule has 0 aliphatic carbocycles. The van der Waals surface area contributed by atoms with Gasteiger partial charge in [0, 0.05) is 25.4 Å². The van der Waals surface area contributed by atoms with E-state index in [4.69, 9.17) is 19.5 Å². The first-order valence-electron chi connectivity index (χ1n) is 8.74. The summed E-state index contributed by atoms with van der Waals surface area (Å²) in [5.74, 6) is 1.99. The van der Waals surface area contributed by atoms with E-state index in [0.717, 1.165) is 5.56 Å². The van der Waals surface area contributed by atoms with Crippen LogP contribution in [0.3, 0.4) is 0 Å². The zero-order chi connectivity index (χ0) is 19.8. The molecule has 2 N–H and O–H groups in total. The standard InChI is InChI=1S/C20H20N4O4/c1-26-16-11-14(12-17-19(16)28-10-9-27-17)4-5-18(25)22-7-8-24-20-15(13-21)3-2-6-23-20/h2-6,11-12H,7-10H2,1H3,(H,22,25)(H,23,24). The van der Waals surface area contributed by atoms with Gasteiger partial charge in [-0.1, -0.05) is 0 Å². The van der Waals surface area contributed by atoms with Crippen molar-refractivity contribution in [3.63, 3.8) is 0 Å². The predicted molar refractivity (Wildman–Crippen MR) is 103 cm³/mol. The molecule has 144 valence electrons. The average Bonchev–Trinajstić information content (AvgIpc) is 2.74. The molecule has 0 fully saturated rings. The summed E-state index contributed by atoms with van der Waals surface area (Å²) >= 11 is 0. The van der Waals surface area contributed by atoms with Gasteiger partial charge in [0.2, 0.25) is 11.7 Å². The van der Waals surface area contributed by atoms with Crippen molar-refractivity contribution in [3.8, 4) is 23.3 Å². The second kappa shape index (κ2) is 9.28. The van der Waals surface area contributed by atoms with Gasteiger partial charge in [-0.2, -0.15) is 5.26 Å². The van der Waals surface area contributed by atoms with Crippen LogP contribution >= 0.6 is 0 Å². The van der Waals surface area contributed by atoms with E-state index in [2.05, 4.69) is 21.7 Å². The highest BCUT2D eigenvalue weighted by atomic mass is 16.6. The summed E-state index contributed by atoms with van der Waals surface area (Å²) in [5.41, 5.74) is 1.22. The third kappa shape index (κ3) is 4.71. The van der Waals surface area contributed by atoms with Crippen LogP contribution in [0.4, 0.5) is 5.82 Å². The monoisotopic (exact) mass is 380 g/mol. The first-order chi connectivity index (χ1) is 13.7. The number of carbonyl (C=O) groups excluding carboxylic acids is 1. The van der Waals surface area contributed by atoms with Crippen LogP contribution in [0.2, 0.25) is 0 Å². The van der Waals surface area contributed by atoms with Gasteiger partial charge >= 0.3 is 0 Å². The van der Waals surface area contributed by atoms with Crippen molar-refractivity contribution in [2.24, 2.45) is 0 Å². The third-order valence-corrected chi connectivity index (χ3v) is 3.92. The van der Waals surface area contributed by atoms with E-state index < -0.39 is 0 Å². The maximum atomic E-state index is 12.0. The Hall–Kier alpha value is -3.73. The lowest BCUT2D eigenvalue weighted by Gasteiger charge is -2.20. The Morgan fingerprint density at radius 2 is 2.21 bits per heavy atom. The van der Waals surface area contributed by atoms with Crippen molar-refractivity contribution in [2.45, 2.75) is 0 Å². The van der Waals surface area contributed by atoms with Crippen molar-refractivity contribution < 1.29 is 19.0 Å². The minimum atomic E-state index is -0.239. The molecule has 0 bridgehead atoms. The molecule has 1 aromatic heterocycles. The molecule has 0 saturated heterocycles. The molecule has 1 amide bonds. The number of nitrogens with one attached hydrogen (secondary N) is 2. The molecular weight excluding hydrogens is 360 g/mol. The fourth-order valence-electron chi connectivity index (χ4n) is 2.62. The lowest BCUT2D eigenvalue weighted by molar-refractivity contribution is -0.116. The molecule has 0 atom stereocenters. The number of ether oxygens (including phenoxy) is 3. The fourth-order valence-corrected chi connectivity index (χ4v) is 2.62. The molecule has 1 aliphatic heterocycles. The van der Waals surface area contributed by atoms with Gasteiger partial charge in [-0.15, -0.1) is 0 Å². The number of hydrogen-bond acceptors (Lipinski definition) is 7.